The van der Waals surface area contributed by atoms with E-state index in [-0.39, 0.29) is 6.04 Å². The first-order valence-electron chi connectivity index (χ1n) is 5.98. The summed E-state index contributed by atoms with van der Waals surface area (Å²) in [4.78, 5) is 11.4. The predicted octanol–water partition coefficient (Wildman–Crippen LogP) is 2.57. The number of nitrogens with one attached hydrogen (secondary N) is 2. The Morgan fingerprint density at radius 1 is 1.28 bits per heavy atom. The second-order valence-electron chi connectivity index (χ2n) is 4.04. The molecule has 100 valence electrons. The lowest BCUT2D eigenvalue weighted by Gasteiger charge is -2.17. The molecule has 0 spiro atoms. The Bertz CT molecular complexity index is 357. The molecule has 1 aromatic carbocycles. The highest BCUT2D eigenvalue weighted by atomic mass is 19.3. The smallest absolute Gasteiger partial charge is 0.315 e. The molecule has 1 unspecified atom stereocenters. The van der Waals surface area contributed by atoms with Crippen molar-refractivity contribution in [3.8, 4) is 0 Å². The van der Waals surface area contributed by atoms with Crippen LogP contribution < -0.4 is 10.6 Å². The molecule has 1 rings (SSSR count). The topological polar surface area (TPSA) is 41.1 Å². The number of benzene rings is 1. The largest absolute Gasteiger partial charge is 0.335 e. The number of halogens is 2. The van der Waals surface area contributed by atoms with Crippen LogP contribution in [0.1, 0.15) is 18.9 Å². The zero-order valence-corrected chi connectivity index (χ0v) is 10.3. The second-order valence-corrected chi connectivity index (χ2v) is 4.04. The third kappa shape index (κ3) is 5.61. The highest BCUT2D eigenvalue weighted by molar-refractivity contribution is 5.74. The number of amides is 2. The lowest BCUT2D eigenvalue weighted by atomic mass is 10.0. The van der Waals surface area contributed by atoms with Gasteiger partial charge in [-0.05, 0) is 18.4 Å². The molecule has 0 aliphatic rings. The molecule has 0 radical (unpaired) electrons. The van der Waals surface area contributed by atoms with Gasteiger partial charge in [0.25, 0.3) is 6.43 Å². The van der Waals surface area contributed by atoms with E-state index in [4.69, 9.17) is 0 Å². The van der Waals surface area contributed by atoms with Gasteiger partial charge in [0.2, 0.25) is 0 Å². The fourth-order valence-corrected chi connectivity index (χ4v) is 1.60. The van der Waals surface area contributed by atoms with Crippen LogP contribution in [0.5, 0.6) is 0 Å². The number of alkyl halides is 2. The maximum absolute atomic E-state index is 11.9. The maximum Gasteiger partial charge on any atom is 0.315 e. The van der Waals surface area contributed by atoms with Gasteiger partial charge in [-0.15, -0.1) is 0 Å². The van der Waals surface area contributed by atoms with Crippen LogP contribution >= 0.6 is 0 Å². The highest BCUT2D eigenvalue weighted by Gasteiger charge is 2.12. The fraction of sp³-hybridized carbons (Fsp3) is 0.462. The summed E-state index contributed by atoms with van der Waals surface area (Å²) in [6.07, 6.45) is -1.08. The summed E-state index contributed by atoms with van der Waals surface area (Å²) < 4.78 is 23.8. The molecule has 2 N–H and O–H groups in total. The Morgan fingerprint density at radius 2 is 1.94 bits per heavy atom. The first-order chi connectivity index (χ1) is 8.61. The molecule has 3 nitrogen and oxygen atoms in total. The molecule has 2 amide bonds. The highest BCUT2D eigenvalue weighted by Crippen LogP contribution is 2.05. The van der Waals surface area contributed by atoms with Crippen LogP contribution in [0, 0.1) is 0 Å². The van der Waals surface area contributed by atoms with Crippen molar-refractivity contribution in [2.45, 2.75) is 32.2 Å². The van der Waals surface area contributed by atoms with Gasteiger partial charge in [0.15, 0.2) is 0 Å². The number of hydrogen-bond acceptors (Lipinski definition) is 1. The number of carbonyl (C=O) groups is 1. The quantitative estimate of drug-likeness (QED) is 0.807. The second kappa shape index (κ2) is 7.63. The average Bonchev–Trinajstić information content (AvgIpc) is 2.37. The van der Waals surface area contributed by atoms with E-state index in [9.17, 15) is 13.6 Å². The van der Waals surface area contributed by atoms with Crippen molar-refractivity contribution in [2.24, 2.45) is 0 Å². The van der Waals surface area contributed by atoms with E-state index in [0.717, 1.165) is 12.0 Å². The van der Waals surface area contributed by atoms with E-state index in [1.165, 1.54) is 0 Å². The van der Waals surface area contributed by atoms with Crippen molar-refractivity contribution < 1.29 is 13.6 Å². The molecular formula is C13H18F2N2O. The van der Waals surface area contributed by atoms with Gasteiger partial charge in [0.05, 0.1) is 6.54 Å². The summed E-state index contributed by atoms with van der Waals surface area (Å²) in [5.41, 5.74) is 1.11. The van der Waals surface area contributed by atoms with Crippen LogP contribution in [-0.2, 0) is 6.42 Å². The molecular weight excluding hydrogens is 238 g/mol. The zero-order valence-electron chi connectivity index (χ0n) is 10.3. The normalized spacial score (nSPS) is 12.2. The van der Waals surface area contributed by atoms with Gasteiger partial charge >= 0.3 is 6.03 Å². The van der Waals surface area contributed by atoms with Crippen molar-refractivity contribution in [3.63, 3.8) is 0 Å². The SMILES string of the molecule is CCC(Cc1ccccc1)NC(=O)NCC(F)F. The molecule has 0 heterocycles. The minimum atomic E-state index is -2.52. The van der Waals surface area contributed by atoms with Crippen molar-refractivity contribution >= 4 is 6.03 Å². The Labute approximate surface area is 106 Å². The average molecular weight is 256 g/mol. The van der Waals surface area contributed by atoms with Crippen molar-refractivity contribution in [3.05, 3.63) is 35.9 Å². The summed E-state index contributed by atoms with van der Waals surface area (Å²) >= 11 is 0. The van der Waals surface area contributed by atoms with Gasteiger partial charge in [-0.25, -0.2) is 13.6 Å². The fourth-order valence-electron chi connectivity index (χ4n) is 1.60. The predicted molar refractivity (Wildman–Crippen MR) is 66.8 cm³/mol. The minimum Gasteiger partial charge on any atom is -0.335 e. The summed E-state index contributed by atoms with van der Waals surface area (Å²) in [5, 5.41) is 4.82. The van der Waals surface area contributed by atoms with Crippen molar-refractivity contribution in [1.82, 2.24) is 10.6 Å². The Morgan fingerprint density at radius 3 is 2.50 bits per heavy atom. The van der Waals surface area contributed by atoms with Gasteiger partial charge in [-0.2, -0.15) is 0 Å². The lowest BCUT2D eigenvalue weighted by molar-refractivity contribution is 0.146. The monoisotopic (exact) mass is 256 g/mol. The summed E-state index contributed by atoms with van der Waals surface area (Å²) in [6, 6.07) is 9.14. The Balaban J connectivity index is 2.40. The number of hydrogen-bond donors (Lipinski definition) is 2. The molecule has 0 aromatic heterocycles. The van der Waals surface area contributed by atoms with Crippen LogP contribution in [0.15, 0.2) is 30.3 Å². The summed E-state index contributed by atoms with van der Waals surface area (Å²) in [6.45, 7) is 1.33. The molecule has 5 heteroatoms. The lowest BCUT2D eigenvalue weighted by Crippen LogP contribution is -2.44. The van der Waals surface area contributed by atoms with Gasteiger partial charge in [0, 0.05) is 6.04 Å². The number of carbonyl (C=O) groups excluding carboxylic acids is 1. The van der Waals surface area contributed by atoms with Crippen LogP contribution in [-0.4, -0.2) is 25.0 Å². The maximum atomic E-state index is 11.9. The summed E-state index contributed by atoms with van der Waals surface area (Å²) in [5.74, 6) is 0. The molecule has 18 heavy (non-hydrogen) atoms. The van der Waals surface area contributed by atoms with Crippen molar-refractivity contribution in [1.29, 1.82) is 0 Å². The molecule has 0 saturated heterocycles. The molecule has 0 fully saturated rings. The first-order valence-corrected chi connectivity index (χ1v) is 5.98. The molecule has 0 bridgehead atoms. The summed E-state index contributed by atoms with van der Waals surface area (Å²) in [7, 11) is 0. The van der Waals surface area contributed by atoms with E-state index >= 15 is 0 Å². The third-order valence-corrected chi connectivity index (χ3v) is 2.57. The standard InChI is InChI=1S/C13H18F2N2O/c1-2-11(8-10-6-4-3-5-7-10)17-13(18)16-9-12(14)15/h3-7,11-12H,2,8-9H2,1H3,(H2,16,17,18). The number of urea groups is 1. The van der Waals surface area contributed by atoms with Crippen LogP contribution in [0.4, 0.5) is 13.6 Å². The zero-order chi connectivity index (χ0) is 13.4. The van der Waals surface area contributed by atoms with Crippen LogP contribution in [0.3, 0.4) is 0 Å². The molecule has 1 atom stereocenters. The third-order valence-electron chi connectivity index (χ3n) is 2.57. The molecule has 0 aliphatic carbocycles. The van der Waals surface area contributed by atoms with E-state index < -0.39 is 19.0 Å². The first kappa shape index (κ1) is 14.4. The molecule has 1 aromatic rings. The van der Waals surface area contributed by atoms with Crippen molar-refractivity contribution in [2.75, 3.05) is 6.54 Å². The van der Waals surface area contributed by atoms with Crippen LogP contribution in [0.2, 0.25) is 0 Å². The van der Waals surface area contributed by atoms with Gasteiger partial charge in [-0.1, -0.05) is 37.3 Å². The van der Waals surface area contributed by atoms with E-state index in [1.807, 2.05) is 37.3 Å². The van der Waals surface area contributed by atoms with E-state index in [2.05, 4.69) is 10.6 Å². The Hall–Kier alpha value is -1.65. The van der Waals surface area contributed by atoms with E-state index in [0.29, 0.717) is 6.42 Å². The van der Waals surface area contributed by atoms with Crippen LogP contribution in [0.25, 0.3) is 0 Å². The number of rotatable bonds is 6. The van der Waals surface area contributed by atoms with E-state index in [1.54, 1.807) is 0 Å². The van der Waals surface area contributed by atoms with Gasteiger partial charge in [-0.3, -0.25) is 0 Å². The molecule has 0 saturated carbocycles. The van der Waals surface area contributed by atoms with Gasteiger partial charge < -0.3 is 10.6 Å². The Kier molecular flexibility index (Phi) is 6.11. The minimum absolute atomic E-state index is 0.0509. The molecule has 0 aliphatic heterocycles. The van der Waals surface area contributed by atoms with Gasteiger partial charge in [0.1, 0.15) is 0 Å².